The number of aromatic nitrogens is 2. The summed E-state index contributed by atoms with van der Waals surface area (Å²) in [5.74, 6) is 1.49. The highest BCUT2D eigenvalue weighted by Crippen LogP contribution is 2.41. The maximum atomic E-state index is 12.8. The summed E-state index contributed by atoms with van der Waals surface area (Å²) < 4.78 is 21.7. The number of nitrogens with zero attached hydrogens (tertiary/aromatic N) is 2. The molecule has 0 amide bonds. The molecule has 0 aliphatic carbocycles. The van der Waals surface area contributed by atoms with Gasteiger partial charge in [-0.15, -0.1) is 0 Å². The Kier molecular flexibility index (Phi) is 7.54. The zero-order valence-corrected chi connectivity index (χ0v) is 20.1. The second kappa shape index (κ2) is 10.8. The van der Waals surface area contributed by atoms with Gasteiger partial charge in [-0.05, 0) is 24.0 Å². The lowest BCUT2D eigenvalue weighted by molar-refractivity contribution is 0.107. The SMILES string of the molecule is COc1cc2nc(NCCc3cccc(CN4CCC(OC)C4)c3)[nH]c(=O)c2c(OC)c1OC. The minimum atomic E-state index is -0.313. The van der Waals surface area contributed by atoms with E-state index in [1.54, 1.807) is 13.2 Å². The summed E-state index contributed by atoms with van der Waals surface area (Å²) >= 11 is 0. The number of nitrogens with one attached hydrogen (secondary N) is 2. The van der Waals surface area contributed by atoms with Crippen molar-refractivity contribution >= 4 is 16.9 Å². The van der Waals surface area contributed by atoms with Crippen molar-refractivity contribution in [1.82, 2.24) is 14.9 Å². The molecular formula is C25H32N4O5. The van der Waals surface area contributed by atoms with Gasteiger partial charge in [0.25, 0.3) is 5.56 Å². The normalized spacial score (nSPS) is 16.1. The van der Waals surface area contributed by atoms with Crippen LogP contribution in [0.1, 0.15) is 17.5 Å². The van der Waals surface area contributed by atoms with Crippen molar-refractivity contribution in [3.05, 3.63) is 51.8 Å². The highest BCUT2D eigenvalue weighted by atomic mass is 16.5. The Labute approximate surface area is 199 Å². The number of rotatable bonds is 10. The quantitative estimate of drug-likeness (QED) is 0.469. The number of hydrogen-bond acceptors (Lipinski definition) is 8. The molecule has 9 nitrogen and oxygen atoms in total. The molecule has 2 N–H and O–H groups in total. The van der Waals surface area contributed by atoms with Gasteiger partial charge in [0.15, 0.2) is 11.5 Å². The van der Waals surface area contributed by atoms with Gasteiger partial charge in [0.1, 0.15) is 5.39 Å². The molecule has 0 radical (unpaired) electrons. The maximum absolute atomic E-state index is 12.8. The first kappa shape index (κ1) is 23.8. The van der Waals surface area contributed by atoms with Crippen LogP contribution in [0.4, 0.5) is 5.95 Å². The van der Waals surface area contributed by atoms with Crippen LogP contribution < -0.4 is 25.1 Å². The zero-order chi connectivity index (χ0) is 24.1. The Balaban J connectivity index is 1.44. The van der Waals surface area contributed by atoms with Gasteiger partial charge in [0, 0.05) is 39.4 Å². The molecule has 1 aromatic heterocycles. The number of benzene rings is 2. The smallest absolute Gasteiger partial charge is 0.264 e. The molecule has 0 saturated carbocycles. The summed E-state index contributed by atoms with van der Waals surface area (Å²) in [6, 6.07) is 10.3. The molecule has 34 heavy (non-hydrogen) atoms. The van der Waals surface area contributed by atoms with E-state index in [-0.39, 0.29) is 5.56 Å². The molecular weight excluding hydrogens is 436 g/mol. The first-order chi connectivity index (χ1) is 16.6. The van der Waals surface area contributed by atoms with Crippen LogP contribution >= 0.6 is 0 Å². The van der Waals surface area contributed by atoms with Crippen LogP contribution in [0, 0.1) is 0 Å². The Bertz CT molecular complexity index is 1200. The number of hydrogen-bond donors (Lipinski definition) is 2. The lowest BCUT2D eigenvalue weighted by Crippen LogP contribution is -2.22. The summed E-state index contributed by atoms with van der Waals surface area (Å²) in [6.45, 7) is 3.59. The minimum Gasteiger partial charge on any atom is -0.493 e. The summed E-state index contributed by atoms with van der Waals surface area (Å²) in [7, 11) is 6.29. The van der Waals surface area contributed by atoms with Crippen molar-refractivity contribution in [3.63, 3.8) is 0 Å². The second-order valence-corrected chi connectivity index (χ2v) is 8.33. The van der Waals surface area contributed by atoms with Crippen molar-refractivity contribution in [2.75, 3.05) is 53.4 Å². The van der Waals surface area contributed by atoms with Crippen molar-refractivity contribution in [3.8, 4) is 17.2 Å². The number of fused-ring (bicyclic) bond motifs is 1. The van der Waals surface area contributed by atoms with Gasteiger partial charge in [-0.2, -0.15) is 0 Å². The summed E-state index contributed by atoms with van der Waals surface area (Å²) in [5.41, 5.74) is 2.67. The van der Waals surface area contributed by atoms with Crippen LogP contribution in [0.2, 0.25) is 0 Å². The second-order valence-electron chi connectivity index (χ2n) is 8.33. The lowest BCUT2D eigenvalue weighted by atomic mass is 10.1. The highest BCUT2D eigenvalue weighted by Gasteiger charge is 2.22. The molecule has 4 rings (SSSR count). The third-order valence-electron chi connectivity index (χ3n) is 6.17. The Morgan fingerprint density at radius 3 is 2.59 bits per heavy atom. The van der Waals surface area contributed by atoms with E-state index in [0.29, 0.717) is 46.7 Å². The van der Waals surface area contributed by atoms with E-state index in [9.17, 15) is 4.79 Å². The predicted octanol–water partition coefficient (Wildman–Crippen LogP) is 2.82. The molecule has 1 fully saturated rings. The fraction of sp³-hybridized carbons (Fsp3) is 0.440. The summed E-state index contributed by atoms with van der Waals surface area (Å²) in [5, 5.41) is 3.54. The highest BCUT2D eigenvalue weighted by molar-refractivity contribution is 5.90. The van der Waals surface area contributed by atoms with Crippen molar-refractivity contribution in [1.29, 1.82) is 0 Å². The number of H-pyrrole nitrogens is 1. The fourth-order valence-electron chi connectivity index (χ4n) is 4.45. The Morgan fingerprint density at radius 1 is 1.09 bits per heavy atom. The number of methoxy groups -OCH3 is 4. The van der Waals surface area contributed by atoms with Gasteiger partial charge in [-0.1, -0.05) is 24.3 Å². The predicted molar refractivity (Wildman–Crippen MR) is 131 cm³/mol. The van der Waals surface area contributed by atoms with E-state index in [0.717, 1.165) is 32.5 Å². The fourth-order valence-corrected chi connectivity index (χ4v) is 4.45. The van der Waals surface area contributed by atoms with Gasteiger partial charge < -0.3 is 24.3 Å². The van der Waals surface area contributed by atoms with E-state index in [2.05, 4.69) is 44.5 Å². The van der Waals surface area contributed by atoms with Gasteiger partial charge >= 0.3 is 0 Å². The van der Waals surface area contributed by atoms with Crippen LogP contribution in [-0.2, 0) is 17.7 Å². The summed E-state index contributed by atoms with van der Waals surface area (Å²) in [6.07, 6.45) is 2.22. The topological polar surface area (TPSA) is 97.9 Å². The average Bonchev–Trinajstić information content (AvgIpc) is 3.30. The van der Waals surface area contributed by atoms with E-state index < -0.39 is 0 Å². The van der Waals surface area contributed by atoms with Crippen LogP contribution in [0.15, 0.2) is 35.1 Å². The first-order valence-electron chi connectivity index (χ1n) is 11.4. The molecule has 1 atom stereocenters. The van der Waals surface area contributed by atoms with Crippen LogP contribution in [0.3, 0.4) is 0 Å². The molecule has 1 aliphatic heterocycles. The van der Waals surface area contributed by atoms with Crippen LogP contribution in [0.25, 0.3) is 10.9 Å². The van der Waals surface area contributed by atoms with Crippen LogP contribution in [0.5, 0.6) is 17.2 Å². The zero-order valence-electron chi connectivity index (χ0n) is 20.1. The van der Waals surface area contributed by atoms with Gasteiger partial charge in [-0.25, -0.2) is 4.98 Å². The molecule has 182 valence electrons. The van der Waals surface area contributed by atoms with E-state index in [1.165, 1.54) is 32.5 Å². The Morgan fingerprint density at radius 2 is 1.88 bits per heavy atom. The third kappa shape index (κ3) is 5.10. The van der Waals surface area contributed by atoms with Gasteiger partial charge in [0.2, 0.25) is 11.7 Å². The van der Waals surface area contributed by atoms with Crippen LogP contribution in [-0.4, -0.2) is 69.0 Å². The summed E-state index contributed by atoms with van der Waals surface area (Å²) in [4.78, 5) is 22.6. The van der Waals surface area contributed by atoms with Crippen molar-refractivity contribution in [2.24, 2.45) is 0 Å². The molecule has 2 aromatic carbocycles. The largest absolute Gasteiger partial charge is 0.493 e. The molecule has 0 bridgehead atoms. The van der Waals surface area contributed by atoms with E-state index in [1.807, 2.05) is 0 Å². The number of anilines is 1. The van der Waals surface area contributed by atoms with Gasteiger partial charge in [0.05, 0.1) is 33.0 Å². The molecule has 0 spiro atoms. The molecule has 1 saturated heterocycles. The number of likely N-dealkylation sites (tertiary alicyclic amines) is 1. The minimum absolute atomic E-state index is 0.295. The number of ether oxygens (including phenoxy) is 4. The molecule has 2 heterocycles. The molecule has 1 unspecified atom stereocenters. The monoisotopic (exact) mass is 468 g/mol. The van der Waals surface area contributed by atoms with E-state index in [4.69, 9.17) is 18.9 Å². The van der Waals surface area contributed by atoms with E-state index >= 15 is 0 Å². The average molecular weight is 469 g/mol. The Hall–Kier alpha value is -3.30. The molecule has 1 aliphatic rings. The van der Waals surface area contributed by atoms with Gasteiger partial charge in [-0.3, -0.25) is 14.7 Å². The van der Waals surface area contributed by atoms with Crippen molar-refractivity contribution in [2.45, 2.75) is 25.5 Å². The maximum Gasteiger partial charge on any atom is 0.264 e. The standard InChI is InChI=1S/C25H32N4O5/c1-31-18-9-11-29(15-18)14-17-7-5-6-16(12-17)8-10-26-25-27-19-13-20(32-2)22(33-3)23(34-4)21(19)24(30)28-25/h5-7,12-13,18H,8-11,14-15H2,1-4H3,(H2,26,27,28,30). The lowest BCUT2D eigenvalue weighted by Gasteiger charge is -2.16. The molecule has 9 heteroatoms. The number of aromatic amines is 1. The third-order valence-corrected chi connectivity index (χ3v) is 6.17. The first-order valence-corrected chi connectivity index (χ1v) is 11.4. The van der Waals surface area contributed by atoms with Crippen molar-refractivity contribution < 1.29 is 18.9 Å². The molecule has 3 aromatic rings.